The maximum absolute atomic E-state index is 12.2. The van der Waals surface area contributed by atoms with E-state index in [1.54, 1.807) is 4.90 Å². The molecule has 0 radical (unpaired) electrons. The van der Waals surface area contributed by atoms with Crippen LogP contribution in [0.3, 0.4) is 0 Å². The molecule has 0 N–H and O–H groups in total. The maximum Gasteiger partial charge on any atom is 0.410 e. The Labute approximate surface area is 121 Å². The van der Waals surface area contributed by atoms with Crippen LogP contribution in [0.15, 0.2) is 0 Å². The van der Waals surface area contributed by atoms with Crippen molar-refractivity contribution in [1.82, 2.24) is 4.90 Å². The van der Waals surface area contributed by atoms with E-state index in [0.29, 0.717) is 26.1 Å². The molecular formula is C15H28FNO3. The highest BCUT2D eigenvalue weighted by molar-refractivity contribution is 5.68. The fourth-order valence-corrected chi connectivity index (χ4v) is 2.43. The van der Waals surface area contributed by atoms with Crippen molar-refractivity contribution in [3.8, 4) is 0 Å². The second kappa shape index (κ2) is 7.25. The fraction of sp³-hybridized carbons (Fsp3) is 0.933. The third-order valence-corrected chi connectivity index (χ3v) is 3.52. The summed E-state index contributed by atoms with van der Waals surface area (Å²) < 4.78 is 23.5. The van der Waals surface area contributed by atoms with Crippen molar-refractivity contribution in [3.05, 3.63) is 0 Å². The molecule has 1 atom stereocenters. The van der Waals surface area contributed by atoms with Gasteiger partial charge in [-0.2, -0.15) is 0 Å². The van der Waals surface area contributed by atoms with Crippen LogP contribution in [0, 0.1) is 0 Å². The molecule has 0 aromatic heterocycles. The number of hydrogen-bond acceptors (Lipinski definition) is 3. The number of carbonyl (C=O) groups is 1. The Bertz CT molecular complexity index is 317. The number of halogens is 1. The number of piperidine rings is 1. The summed E-state index contributed by atoms with van der Waals surface area (Å²) in [6.07, 6.45) is 2.74. The van der Waals surface area contributed by atoms with Gasteiger partial charge in [-0.25, -0.2) is 4.79 Å². The molecular weight excluding hydrogens is 261 g/mol. The van der Waals surface area contributed by atoms with Gasteiger partial charge in [0.25, 0.3) is 0 Å². The number of nitrogens with zero attached hydrogens (tertiary/aromatic N) is 1. The largest absolute Gasteiger partial charge is 0.444 e. The fourth-order valence-electron chi connectivity index (χ4n) is 2.43. The number of hydrogen-bond donors (Lipinski definition) is 0. The van der Waals surface area contributed by atoms with Crippen molar-refractivity contribution < 1.29 is 18.7 Å². The van der Waals surface area contributed by atoms with E-state index in [1.165, 1.54) is 0 Å². The van der Waals surface area contributed by atoms with Crippen LogP contribution in [0.25, 0.3) is 0 Å². The highest BCUT2D eigenvalue weighted by Gasteiger charge is 2.37. The molecule has 1 fully saturated rings. The van der Waals surface area contributed by atoms with Gasteiger partial charge in [0, 0.05) is 13.2 Å². The molecule has 0 aromatic carbocycles. The van der Waals surface area contributed by atoms with Gasteiger partial charge in [0.05, 0.1) is 18.8 Å². The van der Waals surface area contributed by atoms with Crippen LogP contribution < -0.4 is 0 Å². The van der Waals surface area contributed by atoms with Crippen LogP contribution in [0.5, 0.6) is 0 Å². The molecule has 0 aromatic rings. The second-order valence-corrected chi connectivity index (χ2v) is 6.43. The molecule has 1 saturated heterocycles. The summed E-state index contributed by atoms with van der Waals surface area (Å²) in [6, 6.07) is 0. The van der Waals surface area contributed by atoms with Crippen LogP contribution in [0.2, 0.25) is 0 Å². The van der Waals surface area contributed by atoms with E-state index in [0.717, 1.165) is 19.3 Å². The quantitative estimate of drug-likeness (QED) is 0.727. The third kappa shape index (κ3) is 5.27. The van der Waals surface area contributed by atoms with Gasteiger partial charge in [0.15, 0.2) is 0 Å². The van der Waals surface area contributed by atoms with Crippen LogP contribution in [-0.4, -0.2) is 48.6 Å². The van der Waals surface area contributed by atoms with E-state index in [9.17, 15) is 9.18 Å². The Morgan fingerprint density at radius 1 is 1.40 bits per heavy atom. The molecule has 20 heavy (non-hydrogen) atoms. The van der Waals surface area contributed by atoms with Crippen molar-refractivity contribution >= 4 is 6.09 Å². The first-order valence-corrected chi connectivity index (χ1v) is 7.50. The summed E-state index contributed by atoms with van der Waals surface area (Å²) in [4.78, 5) is 13.9. The van der Waals surface area contributed by atoms with Gasteiger partial charge in [0.1, 0.15) is 5.60 Å². The molecule has 1 aliphatic rings. The van der Waals surface area contributed by atoms with E-state index in [4.69, 9.17) is 9.47 Å². The SMILES string of the molecule is CCC1(OCCCF)CCCN(C(=O)OC(C)(C)C)C1. The van der Waals surface area contributed by atoms with E-state index in [-0.39, 0.29) is 18.4 Å². The summed E-state index contributed by atoms with van der Waals surface area (Å²) in [5.41, 5.74) is -0.831. The molecule has 0 spiro atoms. The second-order valence-electron chi connectivity index (χ2n) is 6.43. The van der Waals surface area contributed by atoms with Crippen molar-refractivity contribution in [2.75, 3.05) is 26.4 Å². The molecule has 4 nitrogen and oxygen atoms in total. The molecule has 1 amide bonds. The minimum Gasteiger partial charge on any atom is -0.444 e. The highest BCUT2D eigenvalue weighted by Crippen LogP contribution is 2.29. The summed E-state index contributed by atoms with van der Waals surface area (Å²) in [7, 11) is 0. The summed E-state index contributed by atoms with van der Waals surface area (Å²) in [5.74, 6) is 0. The van der Waals surface area contributed by atoms with Crippen molar-refractivity contribution in [1.29, 1.82) is 0 Å². The molecule has 5 heteroatoms. The maximum atomic E-state index is 12.2. The Balaban J connectivity index is 2.61. The van der Waals surface area contributed by atoms with Gasteiger partial charge >= 0.3 is 6.09 Å². The molecule has 1 unspecified atom stereocenters. The zero-order valence-corrected chi connectivity index (χ0v) is 13.2. The monoisotopic (exact) mass is 289 g/mol. The zero-order chi connectivity index (χ0) is 15.2. The number of rotatable bonds is 5. The molecule has 0 aliphatic carbocycles. The van der Waals surface area contributed by atoms with Crippen LogP contribution in [-0.2, 0) is 9.47 Å². The Kier molecular flexibility index (Phi) is 6.24. The normalized spacial score (nSPS) is 23.8. The number of ether oxygens (including phenoxy) is 2. The standard InChI is InChI=1S/C15H28FNO3/c1-5-15(19-11-7-9-16)8-6-10-17(12-15)13(18)20-14(2,3)4/h5-12H2,1-4H3. The third-order valence-electron chi connectivity index (χ3n) is 3.52. The lowest BCUT2D eigenvalue weighted by atomic mass is 9.90. The van der Waals surface area contributed by atoms with Crippen molar-refractivity contribution in [3.63, 3.8) is 0 Å². The average molecular weight is 289 g/mol. The lowest BCUT2D eigenvalue weighted by Gasteiger charge is -2.42. The zero-order valence-electron chi connectivity index (χ0n) is 13.2. The average Bonchev–Trinajstić information content (AvgIpc) is 2.37. The lowest BCUT2D eigenvalue weighted by molar-refractivity contribution is -0.0944. The van der Waals surface area contributed by atoms with Gasteiger partial charge in [-0.3, -0.25) is 4.39 Å². The molecule has 1 rings (SSSR count). The highest BCUT2D eigenvalue weighted by atomic mass is 19.1. The van der Waals surface area contributed by atoms with Gasteiger partial charge in [-0.15, -0.1) is 0 Å². The minimum absolute atomic E-state index is 0.288. The predicted molar refractivity (Wildman–Crippen MR) is 76.6 cm³/mol. The first kappa shape index (κ1) is 17.2. The number of amides is 1. The number of likely N-dealkylation sites (tertiary alicyclic amines) is 1. The van der Waals surface area contributed by atoms with Crippen LogP contribution >= 0.6 is 0 Å². The Morgan fingerprint density at radius 2 is 2.10 bits per heavy atom. The smallest absolute Gasteiger partial charge is 0.410 e. The van der Waals surface area contributed by atoms with Gasteiger partial charge in [0.2, 0.25) is 0 Å². The van der Waals surface area contributed by atoms with E-state index < -0.39 is 5.60 Å². The summed E-state index contributed by atoms with van der Waals surface area (Å²) in [5, 5.41) is 0. The molecule has 1 heterocycles. The predicted octanol–water partition coefficient (Wildman–Crippen LogP) is 3.54. The van der Waals surface area contributed by atoms with Crippen LogP contribution in [0.1, 0.15) is 53.4 Å². The van der Waals surface area contributed by atoms with Gasteiger partial charge < -0.3 is 14.4 Å². The van der Waals surface area contributed by atoms with Crippen LogP contribution in [0.4, 0.5) is 9.18 Å². The Hall–Kier alpha value is -0.840. The van der Waals surface area contributed by atoms with Crippen molar-refractivity contribution in [2.45, 2.75) is 64.6 Å². The molecule has 1 aliphatic heterocycles. The van der Waals surface area contributed by atoms with Gasteiger partial charge in [-0.1, -0.05) is 6.92 Å². The first-order valence-electron chi connectivity index (χ1n) is 7.50. The summed E-state index contributed by atoms with van der Waals surface area (Å²) >= 11 is 0. The topological polar surface area (TPSA) is 38.8 Å². The first-order chi connectivity index (χ1) is 9.32. The molecule has 118 valence electrons. The van der Waals surface area contributed by atoms with Crippen molar-refractivity contribution in [2.24, 2.45) is 0 Å². The minimum atomic E-state index is -0.488. The van der Waals surface area contributed by atoms with E-state index in [1.807, 2.05) is 27.7 Å². The molecule has 0 saturated carbocycles. The summed E-state index contributed by atoms with van der Waals surface area (Å²) in [6.45, 7) is 8.91. The number of carbonyl (C=O) groups excluding carboxylic acids is 1. The lowest BCUT2D eigenvalue weighted by Crippen LogP contribution is -2.52. The van der Waals surface area contributed by atoms with E-state index >= 15 is 0 Å². The Morgan fingerprint density at radius 3 is 2.65 bits per heavy atom. The number of alkyl halides is 1. The van der Waals surface area contributed by atoms with Gasteiger partial charge in [-0.05, 0) is 46.5 Å². The molecule has 0 bridgehead atoms. The van der Waals surface area contributed by atoms with E-state index in [2.05, 4.69) is 0 Å².